The van der Waals surface area contributed by atoms with Crippen LogP contribution in [-0.2, 0) is 0 Å². The number of halogens is 1. The molecular formula is C12H17ClN2. The highest BCUT2D eigenvalue weighted by Crippen LogP contribution is 2.29. The summed E-state index contributed by atoms with van der Waals surface area (Å²) in [7, 11) is 2.13. The van der Waals surface area contributed by atoms with Gasteiger partial charge in [-0.05, 0) is 44.1 Å². The van der Waals surface area contributed by atoms with Crippen molar-refractivity contribution in [3.05, 3.63) is 34.9 Å². The van der Waals surface area contributed by atoms with E-state index in [-0.39, 0.29) is 6.04 Å². The summed E-state index contributed by atoms with van der Waals surface area (Å²) in [5, 5.41) is 0.790. The minimum atomic E-state index is 0.224. The number of nitrogens with zero attached hydrogens (tertiary/aromatic N) is 1. The minimum absolute atomic E-state index is 0.224. The Labute approximate surface area is 96.0 Å². The number of likely N-dealkylation sites (N-methyl/N-ethyl adjacent to an activating group) is 1. The van der Waals surface area contributed by atoms with Crippen LogP contribution >= 0.6 is 11.6 Å². The third kappa shape index (κ3) is 2.33. The predicted octanol–water partition coefficient (Wildman–Crippen LogP) is 2.43. The molecule has 82 valence electrons. The van der Waals surface area contributed by atoms with Crippen molar-refractivity contribution in [3.63, 3.8) is 0 Å². The van der Waals surface area contributed by atoms with Gasteiger partial charge in [-0.1, -0.05) is 23.7 Å². The maximum absolute atomic E-state index is 6.17. The van der Waals surface area contributed by atoms with Crippen molar-refractivity contribution in [1.82, 2.24) is 4.90 Å². The van der Waals surface area contributed by atoms with Crippen LogP contribution in [0.3, 0.4) is 0 Å². The lowest BCUT2D eigenvalue weighted by Gasteiger charge is -2.37. The smallest absolute Gasteiger partial charge is 0.0496 e. The Hall–Kier alpha value is -0.570. The van der Waals surface area contributed by atoms with Crippen LogP contribution in [0.15, 0.2) is 24.3 Å². The fourth-order valence-corrected chi connectivity index (χ4v) is 2.59. The minimum Gasteiger partial charge on any atom is -0.326 e. The quantitative estimate of drug-likeness (QED) is 0.794. The molecule has 1 saturated heterocycles. The molecule has 0 spiro atoms. The Balaban J connectivity index is 2.27. The lowest BCUT2D eigenvalue weighted by Crippen LogP contribution is -2.43. The average Bonchev–Trinajstić information content (AvgIpc) is 2.17. The van der Waals surface area contributed by atoms with Crippen LogP contribution in [0.4, 0.5) is 0 Å². The number of nitrogens with two attached hydrogens (primary N) is 1. The molecule has 1 aliphatic rings. The second-order valence-corrected chi connectivity index (χ2v) is 4.72. The highest BCUT2D eigenvalue weighted by atomic mass is 35.5. The van der Waals surface area contributed by atoms with E-state index in [0.717, 1.165) is 18.0 Å². The Kier molecular flexibility index (Phi) is 3.29. The lowest BCUT2D eigenvalue weighted by molar-refractivity contribution is 0.163. The van der Waals surface area contributed by atoms with Gasteiger partial charge in [0.1, 0.15) is 0 Å². The van der Waals surface area contributed by atoms with Gasteiger partial charge < -0.3 is 5.73 Å². The second-order valence-electron chi connectivity index (χ2n) is 4.29. The van der Waals surface area contributed by atoms with Gasteiger partial charge in [0.2, 0.25) is 0 Å². The van der Waals surface area contributed by atoms with E-state index in [1.54, 1.807) is 0 Å². The van der Waals surface area contributed by atoms with Crippen molar-refractivity contribution in [3.8, 4) is 0 Å². The van der Waals surface area contributed by atoms with Gasteiger partial charge in [0.05, 0.1) is 0 Å². The first-order chi connectivity index (χ1) is 7.18. The second kappa shape index (κ2) is 4.52. The van der Waals surface area contributed by atoms with E-state index in [0.29, 0.717) is 6.04 Å². The Bertz CT molecular complexity index is 330. The first-order valence-corrected chi connectivity index (χ1v) is 5.77. The maximum Gasteiger partial charge on any atom is 0.0496 e. The van der Waals surface area contributed by atoms with Crippen molar-refractivity contribution < 1.29 is 0 Å². The molecule has 0 bridgehead atoms. The summed E-state index contributed by atoms with van der Waals surface area (Å²) in [6, 6.07) is 8.57. The molecule has 2 N–H and O–H groups in total. The van der Waals surface area contributed by atoms with Crippen LogP contribution in [-0.4, -0.2) is 24.5 Å². The van der Waals surface area contributed by atoms with Crippen LogP contribution in [0, 0.1) is 0 Å². The van der Waals surface area contributed by atoms with Crippen LogP contribution < -0.4 is 5.73 Å². The van der Waals surface area contributed by atoms with Crippen LogP contribution in [0.25, 0.3) is 0 Å². The van der Waals surface area contributed by atoms with E-state index in [4.69, 9.17) is 17.3 Å². The normalized spacial score (nSPS) is 27.9. The number of rotatable bonds is 1. The zero-order chi connectivity index (χ0) is 10.8. The van der Waals surface area contributed by atoms with E-state index in [2.05, 4.69) is 18.0 Å². The molecule has 0 saturated carbocycles. The molecule has 1 aliphatic heterocycles. The number of benzene rings is 1. The van der Waals surface area contributed by atoms with Crippen molar-refractivity contribution in [1.29, 1.82) is 0 Å². The molecule has 0 aromatic heterocycles. The zero-order valence-electron chi connectivity index (χ0n) is 8.99. The molecule has 3 heteroatoms. The average molecular weight is 225 g/mol. The highest BCUT2D eigenvalue weighted by molar-refractivity contribution is 6.30. The van der Waals surface area contributed by atoms with Crippen molar-refractivity contribution >= 4 is 11.6 Å². The molecule has 0 aliphatic carbocycles. The summed E-state index contributed by atoms with van der Waals surface area (Å²) in [6.07, 6.45) is 2.29. The van der Waals surface area contributed by atoms with Crippen LogP contribution in [0.1, 0.15) is 24.4 Å². The molecule has 2 nitrogen and oxygen atoms in total. The fourth-order valence-electron chi connectivity index (χ4n) is 2.39. The predicted molar refractivity (Wildman–Crippen MR) is 64.0 cm³/mol. The van der Waals surface area contributed by atoms with Gasteiger partial charge in [-0.15, -0.1) is 0 Å². The van der Waals surface area contributed by atoms with Crippen molar-refractivity contribution in [2.75, 3.05) is 13.6 Å². The fraction of sp³-hybridized carbons (Fsp3) is 0.500. The van der Waals surface area contributed by atoms with Gasteiger partial charge in [0, 0.05) is 17.1 Å². The van der Waals surface area contributed by atoms with Crippen molar-refractivity contribution in [2.45, 2.75) is 24.9 Å². The molecule has 2 atom stereocenters. The van der Waals surface area contributed by atoms with Crippen LogP contribution in [0.5, 0.6) is 0 Å². The van der Waals surface area contributed by atoms with Gasteiger partial charge in [-0.25, -0.2) is 0 Å². The van der Waals surface area contributed by atoms with E-state index in [1.165, 1.54) is 12.0 Å². The Morgan fingerprint density at radius 3 is 2.93 bits per heavy atom. The molecule has 15 heavy (non-hydrogen) atoms. The molecular weight excluding hydrogens is 208 g/mol. The first-order valence-electron chi connectivity index (χ1n) is 5.40. The third-order valence-electron chi connectivity index (χ3n) is 3.12. The Morgan fingerprint density at radius 2 is 2.27 bits per heavy atom. The molecule has 0 radical (unpaired) electrons. The van der Waals surface area contributed by atoms with E-state index < -0.39 is 0 Å². The summed E-state index contributed by atoms with van der Waals surface area (Å²) < 4.78 is 0. The summed E-state index contributed by atoms with van der Waals surface area (Å²) >= 11 is 6.00. The topological polar surface area (TPSA) is 29.3 Å². The number of piperidine rings is 1. The van der Waals surface area contributed by atoms with E-state index in [1.807, 2.05) is 18.2 Å². The maximum atomic E-state index is 6.17. The number of hydrogen-bond acceptors (Lipinski definition) is 2. The zero-order valence-corrected chi connectivity index (χ0v) is 9.74. The highest BCUT2D eigenvalue weighted by Gasteiger charge is 2.27. The molecule has 0 amide bonds. The number of hydrogen-bond donors (Lipinski definition) is 1. The van der Waals surface area contributed by atoms with E-state index >= 15 is 0 Å². The molecule has 2 unspecified atom stereocenters. The molecule has 1 aromatic carbocycles. The summed E-state index contributed by atoms with van der Waals surface area (Å²) in [5.74, 6) is 0. The summed E-state index contributed by atoms with van der Waals surface area (Å²) in [5.41, 5.74) is 7.40. The van der Waals surface area contributed by atoms with Gasteiger partial charge in [0.15, 0.2) is 0 Å². The third-order valence-corrected chi connectivity index (χ3v) is 3.35. The Morgan fingerprint density at radius 1 is 1.47 bits per heavy atom. The molecule has 1 fully saturated rings. The lowest BCUT2D eigenvalue weighted by atomic mass is 9.91. The first kappa shape index (κ1) is 10.9. The van der Waals surface area contributed by atoms with Gasteiger partial charge in [0.25, 0.3) is 0 Å². The largest absolute Gasteiger partial charge is 0.326 e. The van der Waals surface area contributed by atoms with Crippen LogP contribution in [0.2, 0.25) is 5.02 Å². The van der Waals surface area contributed by atoms with E-state index in [9.17, 15) is 0 Å². The van der Waals surface area contributed by atoms with Gasteiger partial charge >= 0.3 is 0 Å². The monoisotopic (exact) mass is 224 g/mol. The summed E-state index contributed by atoms with van der Waals surface area (Å²) in [6.45, 7) is 1.12. The standard InChI is InChI=1S/C12H17ClN2/c1-15-7-3-6-11(14)12(15)9-4-2-5-10(13)8-9/h2,4-5,8,11-12H,3,6-7,14H2,1H3. The molecule has 1 heterocycles. The van der Waals surface area contributed by atoms with Gasteiger partial charge in [-0.2, -0.15) is 0 Å². The van der Waals surface area contributed by atoms with Gasteiger partial charge in [-0.3, -0.25) is 4.90 Å². The molecule has 1 aromatic rings. The van der Waals surface area contributed by atoms with Crippen molar-refractivity contribution in [2.24, 2.45) is 5.73 Å². The SMILES string of the molecule is CN1CCCC(N)C1c1cccc(Cl)c1. The molecule has 2 rings (SSSR count). The number of likely N-dealkylation sites (tertiary alicyclic amines) is 1. The summed E-state index contributed by atoms with van der Waals surface area (Å²) in [4.78, 5) is 2.32.